The van der Waals surface area contributed by atoms with Gasteiger partial charge in [0.25, 0.3) is 5.91 Å². The van der Waals surface area contributed by atoms with Gasteiger partial charge in [-0.25, -0.2) is 0 Å². The fourth-order valence-corrected chi connectivity index (χ4v) is 2.17. The van der Waals surface area contributed by atoms with Crippen molar-refractivity contribution in [1.29, 1.82) is 0 Å². The zero-order chi connectivity index (χ0) is 15.8. The molecule has 0 aromatic heterocycles. The second-order valence-electron chi connectivity index (χ2n) is 4.91. The van der Waals surface area contributed by atoms with Gasteiger partial charge < -0.3 is 14.7 Å². The number of nitrogens with zero attached hydrogens (tertiary/aromatic N) is 1. The lowest BCUT2D eigenvalue weighted by atomic mass is 10.2. The predicted molar refractivity (Wildman–Crippen MR) is 85.9 cm³/mol. The zero-order valence-electron chi connectivity index (χ0n) is 12.7. The van der Waals surface area contributed by atoms with Crippen molar-refractivity contribution >= 4 is 5.91 Å². The minimum atomic E-state index is -0.0956. The van der Waals surface area contributed by atoms with Gasteiger partial charge in [0.05, 0.1) is 6.61 Å². The SMILES string of the molecule is CCN(CCO)C(=O)c1cccc(OCc2ccccc2)c1. The minimum Gasteiger partial charge on any atom is -0.489 e. The van der Waals surface area contributed by atoms with Crippen LogP contribution in [0.4, 0.5) is 0 Å². The van der Waals surface area contributed by atoms with E-state index >= 15 is 0 Å². The Bertz CT molecular complexity index is 598. The molecule has 116 valence electrons. The van der Waals surface area contributed by atoms with Crippen LogP contribution in [-0.2, 0) is 6.61 Å². The molecule has 0 heterocycles. The lowest BCUT2D eigenvalue weighted by Crippen LogP contribution is -2.33. The molecule has 0 aliphatic rings. The molecular weight excluding hydrogens is 278 g/mol. The highest BCUT2D eigenvalue weighted by atomic mass is 16.5. The summed E-state index contributed by atoms with van der Waals surface area (Å²) in [7, 11) is 0. The third kappa shape index (κ3) is 4.33. The Kier molecular flexibility index (Phi) is 5.98. The summed E-state index contributed by atoms with van der Waals surface area (Å²) < 4.78 is 5.74. The number of aliphatic hydroxyl groups is 1. The van der Waals surface area contributed by atoms with Crippen molar-refractivity contribution in [2.45, 2.75) is 13.5 Å². The van der Waals surface area contributed by atoms with Crippen LogP contribution in [-0.4, -0.2) is 35.6 Å². The predicted octanol–water partition coefficient (Wildman–Crippen LogP) is 2.72. The molecule has 0 saturated heterocycles. The molecule has 2 aromatic carbocycles. The van der Waals surface area contributed by atoms with E-state index in [4.69, 9.17) is 9.84 Å². The molecular formula is C18H21NO3. The summed E-state index contributed by atoms with van der Waals surface area (Å²) >= 11 is 0. The van der Waals surface area contributed by atoms with Crippen molar-refractivity contribution in [2.24, 2.45) is 0 Å². The molecule has 2 rings (SSSR count). The third-order valence-electron chi connectivity index (χ3n) is 3.37. The molecule has 0 bridgehead atoms. The number of amides is 1. The average Bonchev–Trinajstić information content (AvgIpc) is 2.58. The summed E-state index contributed by atoms with van der Waals surface area (Å²) in [6.45, 7) is 3.22. The van der Waals surface area contributed by atoms with Gasteiger partial charge in [-0.3, -0.25) is 4.79 Å². The Morgan fingerprint density at radius 2 is 1.91 bits per heavy atom. The standard InChI is InChI=1S/C18H21NO3/c1-2-19(11-12-20)18(21)16-9-6-10-17(13-16)22-14-15-7-4-3-5-8-15/h3-10,13,20H,2,11-12,14H2,1H3. The van der Waals surface area contributed by atoms with E-state index in [0.717, 1.165) is 5.56 Å². The van der Waals surface area contributed by atoms with Crippen molar-refractivity contribution in [3.8, 4) is 5.75 Å². The van der Waals surface area contributed by atoms with Gasteiger partial charge in [0.2, 0.25) is 0 Å². The van der Waals surface area contributed by atoms with Crippen LogP contribution >= 0.6 is 0 Å². The first-order chi connectivity index (χ1) is 10.7. The molecule has 0 aliphatic carbocycles. The number of aliphatic hydroxyl groups excluding tert-OH is 1. The highest BCUT2D eigenvalue weighted by Crippen LogP contribution is 2.16. The third-order valence-corrected chi connectivity index (χ3v) is 3.37. The number of carbonyl (C=O) groups excluding carboxylic acids is 1. The highest BCUT2D eigenvalue weighted by Gasteiger charge is 2.14. The Morgan fingerprint density at radius 1 is 1.14 bits per heavy atom. The van der Waals surface area contributed by atoms with E-state index in [1.165, 1.54) is 0 Å². The highest BCUT2D eigenvalue weighted by molar-refractivity contribution is 5.94. The topological polar surface area (TPSA) is 49.8 Å². The fourth-order valence-electron chi connectivity index (χ4n) is 2.17. The lowest BCUT2D eigenvalue weighted by molar-refractivity contribution is 0.0731. The second kappa shape index (κ2) is 8.20. The zero-order valence-corrected chi connectivity index (χ0v) is 12.7. The first kappa shape index (κ1) is 16.0. The van der Waals surface area contributed by atoms with Crippen molar-refractivity contribution in [1.82, 2.24) is 4.90 Å². The molecule has 0 saturated carbocycles. The summed E-state index contributed by atoms with van der Waals surface area (Å²) in [5, 5.41) is 9.01. The normalized spacial score (nSPS) is 10.3. The number of rotatable bonds is 7. The van der Waals surface area contributed by atoms with Crippen molar-refractivity contribution in [3.63, 3.8) is 0 Å². The van der Waals surface area contributed by atoms with Crippen LogP contribution in [0.1, 0.15) is 22.8 Å². The number of benzene rings is 2. The van der Waals surface area contributed by atoms with Gasteiger partial charge in [-0.1, -0.05) is 36.4 Å². The maximum Gasteiger partial charge on any atom is 0.254 e. The number of hydrogen-bond donors (Lipinski definition) is 1. The van der Waals surface area contributed by atoms with E-state index < -0.39 is 0 Å². The molecule has 4 heteroatoms. The summed E-state index contributed by atoms with van der Waals surface area (Å²) in [4.78, 5) is 14.0. The molecule has 0 spiro atoms. The van der Waals surface area contributed by atoms with E-state index in [0.29, 0.717) is 31.0 Å². The Hall–Kier alpha value is -2.33. The van der Waals surface area contributed by atoms with Gasteiger partial charge in [0.1, 0.15) is 12.4 Å². The van der Waals surface area contributed by atoms with E-state index in [9.17, 15) is 4.79 Å². The summed E-state index contributed by atoms with van der Waals surface area (Å²) in [5.74, 6) is 0.566. The average molecular weight is 299 g/mol. The minimum absolute atomic E-state index is 0.0379. The Labute approximate surface area is 131 Å². The lowest BCUT2D eigenvalue weighted by Gasteiger charge is -2.20. The molecule has 0 atom stereocenters. The van der Waals surface area contributed by atoms with Gasteiger partial charge in [0, 0.05) is 18.7 Å². The van der Waals surface area contributed by atoms with Crippen LogP contribution < -0.4 is 4.74 Å². The quantitative estimate of drug-likeness (QED) is 0.855. The van der Waals surface area contributed by atoms with Gasteiger partial charge in [0.15, 0.2) is 0 Å². The smallest absolute Gasteiger partial charge is 0.254 e. The summed E-state index contributed by atoms with van der Waals surface area (Å²) in [5.41, 5.74) is 1.65. The monoisotopic (exact) mass is 299 g/mol. The molecule has 0 radical (unpaired) electrons. The van der Waals surface area contributed by atoms with Crippen molar-refractivity contribution < 1.29 is 14.6 Å². The van der Waals surface area contributed by atoms with Crippen LogP contribution in [0.15, 0.2) is 54.6 Å². The van der Waals surface area contributed by atoms with Crippen LogP contribution in [0.3, 0.4) is 0 Å². The largest absolute Gasteiger partial charge is 0.489 e. The van der Waals surface area contributed by atoms with Crippen LogP contribution in [0.25, 0.3) is 0 Å². The molecule has 1 N–H and O–H groups in total. The van der Waals surface area contributed by atoms with E-state index in [2.05, 4.69) is 0 Å². The summed E-state index contributed by atoms with van der Waals surface area (Å²) in [6.07, 6.45) is 0. The second-order valence-corrected chi connectivity index (χ2v) is 4.91. The maximum atomic E-state index is 12.4. The van der Waals surface area contributed by atoms with Crippen molar-refractivity contribution in [2.75, 3.05) is 19.7 Å². The molecule has 22 heavy (non-hydrogen) atoms. The Morgan fingerprint density at radius 3 is 2.59 bits per heavy atom. The molecule has 1 amide bonds. The van der Waals surface area contributed by atoms with Crippen LogP contribution in [0.5, 0.6) is 5.75 Å². The number of likely N-dealkylation sites (N-methyl/N-ethyl adjacent to an activating group) is 1. The van der Waals surface area contributed by atoms with E-state index in [1.807, 2.05) is 43.3 Å². The molecule has 4 nitrogen and oxygen atoms in total. The molecule has 2 aromatic rings. The number of carbonyl (C=O) groups is 1. The van der Waals surface area contributed by atoms with Gasteiger partial charge in [-0.15, -0.1) is 0 Å². The van der Waals surface area contributed by atoms with Crippen LogP contribution in [0, 0.1) is 0 Å². The molecule has 0 fully saturated rings. The molecule has 0 unspecified atom stereocenters. The van der Waals surface area contributed by atoms with Crippen LogP contribution in [0.2, 0.25) is 0 Å². The number of ether oxygens (including phenoxy) is 1. The summed E-state index contributed by atoms with van der Waals surface area (Å²) in [6, 6.07) is 17.0. The molecule has 0 aliphatic heterocycles. The fraction of sp³-hybridized carbons (Fsp3) is 0.278. The van der Waals surface area contributed by atoms with E-state index in [-0.39, 0.29) is 12.5 Å². The van der Waals surface area contributed by atoms with Gasteiger partial charge in [-0.05, 0) is 30.7 Å². The van der Waals surface area contributed by atoms with Crippen molar-refractivity contribution in [3.05, 3.63) is 65.7 Å². The number of hydrogen-bond acceptors (Lipinski definition) is 3. The first-order valence-electron chi connectivity index (χ1n) is 7.41. The first-order valence-corrected chi connectivity index (χ1v) is 7.41. The van der Waals surface area contributed by atoms with Gasteiger partial charge >= 0.3 is 0 Å². The van der Waals surface area contributed by atoms with Gasteiger partial charge in [-0.2, -0.15) is 0 Å². The van der Waals surface area contributed by atoms with E-state index in [1.54, 1.807) is 23.1 Å². The maximum absolute atomic E-state index is 12.4. The Balaban J connectivity index is 2.04.